The van der Waals surface area contributed by atoms with Crippen LogP contribution >= 0.6 is 0 Å². The van der Waals surface area contributed by atoms with Gasteiger partial charge in [-0.05, 0) is 36.8 Å². The number of aromatic nitrogens is 4. The summed E-state index contributed by atoms with van der Waals surface area (Å²) in [6.45, 7) is -0.135. The molecule has 10 nitrogen and oxygen atoms in total. The van der Waals surface area contributed by atoms with Crippen LogP contribution < -0.4 is 15.0 Å². The standard InChI is InChI=1S/C23H22N4O6/c1-30-17-11-10-14(12-18(17)31-2)22-26-20(33-27-22)13-32-21(28)9-5-8-19-24-16-7-4-3-6-15(16)23(29)25-19/h3-4,6-7,10-12H,5,8-9,13H2,1-2H3,(H,24,25,29). The van der Waals surface area contributed by atoms with E-state index in [-0.39, 0.29) is 24.5 Å². The van der Waals surface area contributed by atoms with Gasteiger partial charge in [0.1, 0.15) is 5.82 Å². The van der Waals surface area contributed by atoms with Crippen molar-refractivity contribution in [3.63, 3.8) is 0 Å². The molecular weight excluding hydrogens is 428 g/mol. The maximum atomic E-state index is 12.1. The number of carbonyl (C=O) groups is 1. The van der Waals surface area contributed by atoms with E-state index in [1.54, 1.807) is 43.5 Å². The molecule has 4 rings (SSSR count). The zero-order chi connectivity index (χ0) is 23.2. The zero-order valence-electron chi connectivity index (χ0n) is 18.2. The van der Waals surface area contributed by atoms with Crippen LogP contribution in [0.4, 0.5) is 0 Å². The topological polar surface area (TPSA) is 129 Å². The van der Waals surface area contributed by atoms with Crippen molar-refractivity contribution in [2.45, 2.75) is 25.9 Å². The fraction of sp³-hybridized carbons (Fsp3) is 0.261. The summed E-state index contributed by atoms with van der Waals surface area (Å²) in [7, 11) is 3.09. The van der Waals surface area contributed by atoms with Crippen LogP contribution in [-0.2, 0) is 22.6 Å². The molecular formula is C23H22N4O6. The molecule has 0 bridgehead atoms. The van der Waals surface area contributed by atoms with Crippen molar-refractivity contribution in [3.05, 3.63) is 64.5 Å². The molecule has 0 spiro atoms. The third-order valence-electron chi connectivity index (χ3n) is 4.92. The molecule has 170 valence electrons. The average molecular weight is 450 g/mol. The van der Waals surface area contributed by atoms with Gasteiger partial charge in [-0.25, -0.2) is 4.98 Å². The Balaban J connectivity index is 1.28. The van der Waals surface area contributed by atoms with Crippen molar-refractivity contribution >= 4 is 16.9 Å². The highest BCUT2D eigenvalue weighted by Gasteiger charge is 2.14. The minimum absolute atomic E-state index is 0.135. The summed E-state index contributed by atoms with van der Waals surface area (Å²) in [5, 5.41) is 4.45. The van der Waals surface area contributed by atoms with Crippen molar-refractivity contribution in [3.8, 4) is 22.9 Å². The van der Waals surface area contributed by atoms with E-state index in [2.05, 4.69) is 20.1 Å². The van der Waals surface area contributed by atoms with E-state index >= 15 is 0 Å². The first-order chi connectivity index (χ1) is 16.1. The first kappa shape index (κ1) is 22.0. The number of rotatable bonds is 9. The molecule has 0 fully saturated rings. The minimum atomic E-state index is -0.413. The molecule has 0 unspecified atom stereocenters. The van der Waals surface area contributed by atoms with E-state index in [0.29, 0.717) is 52.5 Å². The van der Waals surface area contributed by atoms with Crippen molar-refractivity contribution in [1.82, 2.24) is 20.1 Å². The molecule has 0 saturated heterocycles. The molecule has 0 saturated carbocycles. The number of hydrogen-bond donors (Lipinski definition) is 1. The van der Waals surface area contributed by atoms with Gasteiger partial charge in [0, 0.05) is 18.4 Å². The highest BCUT2D eigenvalue weighted by molar-refractivity contribution is 5.77. The summed E-state index contributed by atoms with van der Waals surface area (Å²) < 4.78 is 20.9. The SMILES string of the molecule is COc1ccc(-c2noc(COC(=O)CCCc3nc4ccccc4c(=O)[nH]3)n2)cc1OC. The third-order valence-corrected chi connectivity index (χ3v) is 4.92. The number of aromatic amines is 1. The number of benzene rings is 2. The van der Waals surface area contributed by atoms with Gasteiger partial charge in [0.25, 0.3) is 11.4 Å². The first-order valence-corrected chi connectivity index (χ1v) is 10.3. The second-order valence-corrected chi connectivity index (χ2v) is 7.13. The number of ether oxygens (including phenoxy) is 3. The van der Waals surface area contributed by atoms with E-state index in [1.807, 2.05) is 6.07 Å². The van der Waals surface area contributed by atoms with Crippen molar-refractivity contribution in [2.75, 3.05) is 14.2 Å². The summed E-state index contributed by atoms with van der Waals surface area (Å²) >= 11 is 0. The monoisotopic (exact) mass is 450 g/mol. The van der Waals surface area contributed by atoms with E-state index < -0.39 is 5.97 Å². The molecule has 2 aromatic carbocycles. The van der Waals surface area contributed by atoms with Crippen LogP contribution in [0.3, 0.4) is 0 Å². The fourth-order valence-electron chi connectivity index (χ4n) is 3.27. The Labute approximate surface area is 188 Å². The summed E-state index contributed by atoms with van der Waals surface area (Å²) in [4.78, 5) is 35.6. The van der Waals surface area contributed by atoms with Gasteiger partial charge in [0.15, 0.2) is 18.1 Å². The molecule has 33 heavy (non-hydrogen) atoms. The van der Waals surface area contributed by atoms with Crippen LogP contribution in [0.25, 0.3) is 22.3 Å². The molecule has 10 heteroatoms. The van der Waals surface area contributed by atoms with Crippen LogP contribution in [0.2, 0.25) is 0 Å². The number of methoxy groups -OCH3 is 2. The van der Waals surface area contributed by atoms with Crippen LogP contribution in [-0.4, -0.2) is 40.3 Å². The Morgan fingerprint density at radius 2 is 1.88 bits per heavy atom. The maximum Gasteiger partial charge on any atom is 0.306 e. The lowest BCUT2D eigenvalue weighted by Crippen LogP contribution is -2.12. The largest absolute Gasteiger partial charge is 0.493 e. The Hall–Kier alpha value is -4.21. The van der Waals surface area contributed by atoms with E-state index in [0.717, 1.165) is 0 Å². The number of carbonyl (C=O) groups excluding carboxylic acids is 1. The highest BCUT2D eigenvalue weighted by atomic mass is 16.6. The van der Waals surface area contributed by atoms with Crippen molar-refractivity contribution in [1.29, 1.82) is 0 Å². The van der Waals surface area contributed by atoms with Gasteiger partial charge >= 0.3 is 5.97 Å². The number of H-pyrrole nitrogens is 1. The van der Waals surface area contributed by atoms with Crippen LogP contribution in [0.5, 0.6) is 11.5 Å². The number of esters is 1. The first-order valence-electron chi connectivity index (χ1n) is 10.3. The molecule has 0 amide bonds. The molecule has 0 radical (unpaired) electrons. The molecule has 4 aromatic rings. The molecule has 0 aliphatic carbocycles. The maximum absolute atomic E-state index is 12.1. The van der Waals surface area contributed by atoms with Crippen molar-refractivity contribution < 1.29 is 23.5 Å². The molecule has 2 heterocycles. The van der Waals surface area contributed by atoms with Crippen LogP contribution in [0.1, 0.15) is 24.6 Å². The van der Waals surface area contributed by atoms with Crippen LogP contribution in [0, 0.1) is 0 Å². The van der Waals surface area contributed by atoms with Gasteiger partial charge in [-0.3, -0.25) is 9.59 Å². The third kappa shape index (κ3) is 5.17. The van der Waals surface area contributed by atoms with E-state index in [9.17, 15) is 9.59 Å². The van der Waals surface area contributed by atoms with E-state index in [4.69, 9.17) is 18.7 Å². The van der Waals surface area contributed by atoms with Crippen molar-refractivity contribution in [2.24, 2.45) is 0 Å². The number of nitrogens with one attached hydrogen (secondary N) is 1. The Kier molecular flexibility index (Phi) is 6.63. The lowest BCUT2D eigenvalue weighted by Gasteiger charge is -2.07. The number of fused-ring (bicyclic) bond motifs is 1. The second-order valence-electron chi connectivity index (χ2n) is 7.13. The van der Waals surface area contributed by atoms with Crippen LogP contribution in [0.15, 0.2) is 51.8 Å². The Morgan fingerprint density at radius 1 is 1.06 bits per heavy atom. The predicted molar refractivity (Wildman–Crippen MR) is 118 cm³/mol. The summed E-state index contributed by atoms with van der Waals surface area (Å²) in [6, 6.07) is 12.3. The number of aryl methyl sites for hydroxylation is 1. The quantitative estimate of drug-likeness (QED) is 0.382. The fourth-order valence-corrected chi connectivity index (χ4v) is 3.27. The van der Waals surface area contributed by atoms with E-state index in [1.165, 1.54) is 7.11 Å². The average Bonchev–Trinajstić information content (AvgIpc) is 3.31. The number of nitrogens with zero attached hydrogens (tertiary/aromatic N) is 3. The molecule has 2 aromatic heterocycles. The zero-order valence-corrected chi connectivity index (χ0v) is 18.2. The Morgan fingerprint density at radius 3 is 2.70 bits per heavy atom. The normalized spacial score (nSPS) is 10.8. The number of para-hydroxylation sites is 1. The molecule has 1 N–H and O–H groups in total. The highest BCUT2D eigenvalue weighted by Crippen LogP contribution is 2.31. The van der Waals surface area contributed by atoms with Gasteiger partial charge in [0.05, 0.1) is 25.1 Å². The lowest BCUT2D eigenvalue weighted by molar-refractivity contribution is -0.145. The smallest absolute Gasteiger partial charge is 0.306 e. The summed E-state index contributed by atoms with van der Waals surface area (Å²) in [5.74, 6) is 1.76. The molecule has 0 atom stereocenters. The number of hydrogen-bond acceptors (Lipinski definition) is 9. The van der Waals surface area contributed by atoms with Gasteiger partial charge in [-0.1, -0.05) is 17.3 Å². The lowest BCUT2D eigenvalue weighted by atomic mass is 10.2. The second kappa shape index (κ2) is 9.94. The van der Waals surface area contributed by atoms with Gasteiger partial charge in [-0.15, -0.1) is 0 Å². The van der Waals surface area contributed by atoms with Gasteiger partial charge in [0.2, 0.25) is 5.82 Å². The van der Waals surface area contributed by atoms with Gasteiger partial charge < -0.3 is 23.7 Å². The summed E-state index contributed by atoms with van der Waals surface area (Å²) in [6.07, 6.45) is 1.08. The Bertz CT molecular complexity index is 1330. The predicted octanol–water partition coefficient (Wildman–Crippen LogP) is 3.06. The van der Waals surface area contributed by atoms with Gasteiger partial charge in [-0.2, -0.15) is 4.98 Å². The molecule has 0 aliphatic rings. The molecule has 0 aliphatic heterocycles. The minimum Gasteiger partial charge on any atom is -0.493 e. The summed E-state index contributed by atoms with van der Waals surface area (Å²) in [5.41, 5.74) is 1.10.